The van der Waals surface area contributed by atoms with Crippen LogP contribution in [0.2, 0.25) is 0 Å². The Morgan fingerprint density at radius 2 is 1.63 bits per heavy atom. The molecule has 6 heteroatoms. The van der Waals surface area contributed by atoms with Crippen LogP contribution in [-0.4, -0.2) is 24.4 Å². The summed E-state index contributed by atoms with van der Waals surface area (Å²) in [5.74, 6) is 0.211. The summed E-state index contributed by atoms with van der Waals surface area (Å²) in [5.41, 5.74) is 7.78. The number of hydrogen-bond donors (Lipinski definition) is 3. The monoisotopic (exact) mass is 369 g/mol. The number of carbonyl (C=O) groups excluding carboxylic acids is 2. The zero-order valence-electron chi connectivity index (χ0n) is 15.8. The van der Waals surface area contributed by atoms with E-state index >= 15 is 0 Å². The molecule has 1 atom stereocenters. The van der Waals surface area contributed by atoms with E-state index in [1.807, 2.05) is 68.4 Å². The molecule has 2 aromatic rings. The molecule has 0 heterocycles. The van der Waals surface area contributed by atoms with Gasteiger partial charge < -0.3 is 21.1 Å². The SMILES string of the molecule is CC(C)[C@H](N)C(=O)NCC(=O)NCc1ccc(OCc2ccccc2)cc1. The standard InChI is InChI=1S/C21H27N3O3/c1-15(2)20(22)21(26)24-13-19(25)23-12-16-8-10-18(11-9-16)27-14-17-6-4-3-5-7-17/h3-11,15,20H,12-14,22H2,1-2H3,(H,23,25)(H,24,26)/t20-/m0/s1. The van der Waals surface area contributed by atoms with Crippen molar-refractivity contribution in [2.75, 3.05) is 6.54 Å². The zero-order chi connectivity index (χ0) is 19.6. The Morgan fingerprint density at radius 3 is 2.26 bits per heavy atom. The molecule has 6 nitrogen and oxygen atoms in total. The first-order chi connectivity index (χ1) is 13.0. The Bertz CT molecular complexity index is 730. The van der Waals surface area contributed by atoms with E-state index in [1.54, 1.807) is 0 Å². The van der Waals surface area contributed by atoms with Gasteiger partial charge in [-0.15, -0.1) is 0 Å². The van der Waals surface area contributed by atoms with Crippen LogP contribution < -0.4 is 21.1 Å². The van der Waals surface area contributed by atoms with Crippen LogP contribution in [0.5, 0.6) is 5.75 Å². The van der Waals surface area contributed by atoms with Crippen molar-refractivity contribution >= 4 is 11.8 Å². The molecular weight excluding hydrogens is 342 g/mol. The lowest BCUT2D eigenvalue weighted by Crippen LogP contribution is -2.47. The van der Waals surface area contributed by atoms with Crippen LogP contribution in [0.3, 0.4) is 0 Å². The second-order valence-corrected chi connectivity index (χ2v) is 6.68. The summed E-state index contributed by atoms with van der Waals surface area (Å²) < 4.78 is 5.73. The first-order valence-electron chi connectivity index (χ1n) is 9.01. The van der Waals surface area contributed by atoms with E-state index < -0.39 is 6.04 Å². The first-order valence-corrected chi connectivity index (χ1v) is 9.01. The predicted molar refractivity (Wildman–Crippen MR) is 105 cm³/mol. The molecule has 0 bridgehead atoms. The smallest absolute Gasteiger partial charge is 0.239 e. The van der Waals surface area contributed by atoms with Crippen LogP contribution in [0, 0.1) is 5.92 Å². The van der Waals surface area contributed by atoms with Crippen molar-refractivity contribution < 1.29 is 14.3 Å². The molecule has 2 amide bonds. The van der Waals surface area contributed by atoms with Crippen LogP contribution in [-0.2, 0) is 22.7 Å². The van der Waals surface area contributed by atoms with Gasteiger partial charge >= 0.3 is 0 Å². The Morgan fingerprint density at radius 1 is 0.963 bits per heavy atom. The Labute approximate surface area is 160 Å². The number of benzene rings is 2. The minimum atomic E-state index is -0.610. The van der Waals surface area contributed by atoms with E-state index in [4.69, 9.17) is 10.5 Å². The van der Waals surface area contributed by atoms with E-state index in [0.29, 0.717) is 13.2 Å². The Hall–Kier alpha value is -2.86. The normalized spacial score (nSPS) is 11.7. The van der Waals surface area contributed by atoms with Crippen molar-refractivity contribution in [3.63, 3.8) is 0 Å². The molecule has 0 saturated heterocycles. The fourth-order valence-electron chi connectivity index (χ4n) is 2.30. The largest absolute Gasteiger partial charge is 0.489 e. The van der Waals surface area contributed by atoms with Gasteiger partial charge in [0, 0.05) is 6.54 Å². The average Bonchev–Trinajstić information content (AvgIpc) is 2.69. The molecule has 0 radical (unpaired) electrons. The van der Waals surface area contributed by atoms with Gasteiger partial charge in [0.05, 0.1) is 12.6 Å². The van der Waals surface area contributed by atoms with Gasteiger partial charge in [0.15, 0.2) is 0 Å². The molecule has 0 aromatic heterocycles. The summed E-state index contributed by atoms with van der Waals surface area (Å²) >= 11 is 0. The van der Waals surface area contributed by atoms with E-state index in [2.05, 4.69) is 10.6 Å². The highest BCUT2D eigenvalue weighted by Crippen LogP contribution is 2.14. The predicted octanol–water partition coefficient (Wildman–Crippen LogP) is 1.98. The average molecular weight is 369 g/mol. The highest BCUT2D eigenvalue weighted by molar-refractivity contribution is 5.87. The van der Waals surface area contributed by atoms with Crippen molar-refractivity contribution in [2.45, 2.75) is 33.0 Å². The fraction of sp³-hybridized carbons (Fsp3) is 0.333. The minimum absolute atomic E-state index is 0.0238. The zero-order valence-corrected chi connectivity index (χ0v) is 15.8. The molecule has 0 aliphatic carbocycles. The summed E-state index contributed by atoms with van der Waals surface area (Å²) in [7, 11) is 0. The van der Waals surface area contributed by atoms with E-state index in [-0.39, 0.29) is 24.3 Å². The summed E-state index contributed by atoms with van der Waals surface area (Å²) in [6.07, 6.45) is 0. The molecule has 2 aromatic carbocycles. The van der Waals surface area contributed by atoms with E-state index in [1.165, 1.54) is 0 Å². The highest BCUT2D eigenvalue weighted by Gasteiger charge is 2.17. The number of rotatable bonds is 9. The Kier molecular flexibility index (Phi) is 7.82. The third-order valence-corrected chi connectivity index (χ3v) is 4.11. The summed E-state index contributed by atoms with van der Waals surface area (Å²) in [6.45, 7) is 4.52. The van der Waals surface area contributed by atoms with Crippen LogP contribution in [0.4, 0.5) is 0 Å². The van der Waals surface area contributed by atoms with Crippen LogP contribution in [0.25, 0.3) is 0 Å². The third kappa shape index (κ3) is 7.11. The Balaban J connectivity index is 1.71. The number of nitrogens with two attached hydrogens (primary N) is 1. The number of hydrogen-bond acceptors (Lipinski definition) is 4. The van der Waals surface area contributed by atoms with E-state index in [9.17, 15) is 9.59 Å². The molecule has 0 aliphatic rings. The van der Waals surface area contributed by atoms with Crippen molar-refractivity contribution in [3.05, 3.63) is 65.7 Å². The summed E-state index contributed by atoms with van der Waals surface area (Å²) in [4.78, 5) is 23.6. The number of ether oxygens (including phenoxy) is 1. The molecule has 144 valence electrons. The second-order valence-electron chi connectivity index (χ2n) is 6.68. The van der Waals surface area contributed by atoms with Crippen LogP contribution in [0.1, 0.15) is 25.0 Å². The highest BCUT2D eigenvalue weighted by atomic mass is 16.5. The van der Waals surface area contributed by atoms with Gasteiger partial charge in [0.2, 0.25) is 11.8 Å². The number of amides is 2. The van der Waals surface area contributed by atoms with Gasteiger partial charge in [-0.1, -0.05) is 56.3 Å². The maximum Gasteiger partial charge on any atom is 0.239 e. The lowest BCUT2D eigenvalue weighted by molar-refractivity contribution is -0.127. The van der Waals surface area contributed by atoms with Crippen LogP contribution in [0.15, 0.2) is 54.6 Å². The van der Waals surface area contributed by atoms with Crippen molar-refractivity contribution in [3.8, 4) is 5.75 Å². The topological polar surface area (TPSA) is 93.5 Å². The van der Waals surface area contributed by atoms with Crippen molar-refractivity contribution in [2.24, 2.45) is 11.7 Å². The van der Waals surface area contributed by atoms with Crippen LogP contribution >= 0.6 is 0 Å². The summed E-state index contributed by atoms with van der Waals surface area (Å²) in [6, 6.07) is 16.9. The lowest BCUT2D eigenvalue weighted by atomic mass is 10.1. The fourth-order valence-corrected chi connectivity index (χ4v) is 2.30. The third-order valence-electron chi connectivity index (χ3n) is 4.11. The quantitative estimate of drug-likeness (QED) is 0.630. The minimum Gasteiger partial charge on any atom is -0.489 e. The van der Waals surface area contributed by atoms with Crippen molar-refractivity contribution in [1.29, 1.82) is 0 Å². The molecule has 4 N–H and O–H groups in total. The number of nitrogens with one attached hydrogen (secondary N) is 2. The maximum absolute atomic E-state index is 11.8. The maximum atomic E-state index is 11.8. The first kappa shape index (κ1) is 20.5. The molecule has 0 aliphatic heterocycles. The van der Waals surface area contributed by atoms with Gasteiger partial charge in [-0.3, -0.25) is 9.59 Å². The van der Waals surface area contributed by atoms with Gasteiger partial charge in [-0.25, -0.2) is 0 Å². The van der Waals surface area contributed by atoms with Gasteiger partial charge in [-0.2, -0.15) is 0 Å². The number of carbonyl (C=O) groups is 2. The summed E-state index contributed by atoms with van der Waals surface area (Å²) in [5, 5.41) is 5.31. The lowest BCUT2D eigenvalue weighted by Gasteiger charge is -2.15. The molecular formula is C21H27N3O3. The molecule has 0 fully saturated rings. The molecule has 0 spiro atoms. The molecule has 0 saturated carbocycles. The van der Waals surface area contributed by atoms with E-state index in [0.717, 1.165) is 16.9 Å². The van der Waals surface area contributed by atoms with Gasteiger partial charge in [-0.05, 0) is 29.2 Å². The second kappa shape index (κ2) is 10.3. The molecule has 27 heavy (non-hydrogen) atoms. The van der Waals surface area contributed by atoms with Crippen molar-refractivity contribution in [1.82, 2.24) is 10.6 Å². The van der Waals surface area contributed by atoms with Gasteiger partial charge in [0.25, 0.3) is 0 Å². The van der Waals surface area contributed by atoms with Gasteiger partial charge in [0.1, 0.15) is 12.4 Å². The molecule has 0 unspecified atom stereocenters. The molecule has 2 rings (SSSR count).